The van der Waals surface area contributed by atoms with Crippen LogP contribution in [0.25, 0.3) is 11.1 Å². The largest absolute Gasteiger partial charge is 0.381 e. The van der Waals surface area contributed by atoms with E-state index in [-0.39, 0.29) is 0 Å². The van der Waals surface area contributed by atoms with E-state index in [1.807, 2.05) is 36.5 Å². The second-order valence-electron chi connectivity index (χ2n) is 4.92. The zero-order valence-corrected chi connectivity index (χ0v) is 13.3. The molecule has 0 saturated heterocycles. The minimum atomic E-state index is 0.575. The van der Waals surface area contributed by atoms with Gasteiger partial charge in [0.15, 0.2) is 0 Å². The van der Waals surface area contributed by atoms with Crippen LogP contribution in [0.2, 0.25) is 10.0 Å². The summed E-state index contributed by atoms with van der Waals surface area (Å²) in [6.07, 6.45) is 3.63. The van der Waals surface area contributed by atoms with Gasteiger partial charge in [-0.15, -0.1) is 0 Å². The second-order valence-corrected chi connectivity index (χ2v) is 5.74. The smallest absolute Gasteiger partial charge is 0.0595 e. The summed E-state index contributed by atoms with van der Waals surface area (Å²) in [5.74, 6) is 0. The lowest BCUT2D eigenvalue weighted by atomic mass is 10.1. The van der Waals surface area contributed by atoms with Gasteiger partial charge >= 0.3 is 0 Å². The van der Waals surface area contributed by atoms with Gasteiger partial charge in [-0.1, -0.05) is 47.5 Å². The van der Waals surface area contributed by atoms with E-state index in [2.05, 4.69) is 34.6 Å². The van der Waals surface area contributed by atoms with Gasteiger partial charge in [0.2, 0.25) is 0 Å². The third kappa shape index (κ3) is 3.59. The highest BCUT2D eigenvalue weighted by atomic mass is 35.5. The number of pyridine rings is 1. The van der Waals surface area contributed by atoms with Gasteiger partial charge in [0, 0.05) is 24.6 Å². The van der Waals surface area contributed by atoms with Crippen molar-refractivity contribution in [1.29, 1.82) is 0 Å². The molecule has 110 valence electrons. The van der Waals surface area contributed by atoms with E-state index >= 15 is 0 Å². The first kappa shape index (κ1) is 14.9. The predicted octanol–water partition coefficient (Wildman–Crippen LogP) is 5.67. The molecule has 0 unspecified atom stereocenters. The highest BCUT2D eigenvalue weighted by molar-refractivity contribution is 6.42. The number of hydrogen-bond acceptors (Lipinski definition) is 2. The van der Waals surface area contributed by atoms with E-state index in [0.29, 0.717) is 16.6 Å². The highest BCUT2D eigenvalue weighted by Gasteiger charge is 2.01. The summed E-state index contributed by atoms with van der Waals surface area (Å²) in [5.41, 5.74) is 4.40. The lowest BCUT2D eigenvalue weighted by molar-refractivity contribution is 1.15. The van der Waals surface area contributed by atoms with E-state index in [4.69, 9.17) is 23.2 Å². The lowest BCUT2D eigenvalue weighted by Crippen LogP contribution is -1.99. The van der Waals surface area contributed by atoms with Crippen LogP contribution in [0, 0.1) is 0 Å². The molecule has 0 spiro atoms. The molecule has 3 rings (SSSR count). The summed E-state index contributed by atoms with van der Waals surface area (Å²) < 4.78 is 0. The second kappa shape index (κ2) is 6.82. The van der Waals surface area contributed by atoms with Crippen LogP contribution in [0.5, 0.6) is 0 Å². The highest BCUT2D eigenvalue weighted by Crippen LogP contribution is 2.24. The Morgan fingerprint density at radius 1 is 0.864 bits per heavy atom. The minimum Gasteiger partial charge on any atom is -0.381 e. The maximum absolute atomic E-state index is 6.02. The van der Waals surface area contributed by atoms with E-state index in [9.17, 15) is 0 Å². The number of aromatic nitrogens is 1. The zero-order chi connectivity index (χ0) is 15.4. The topological polar surface area (TPSA) is 24.9 Å². The Hall–Kier alpha value is -2.03. The Bertz CT molecular complexity index is 756. The quantitative estimate of drug-likeness (QED) is 0.667. The number of halogens is 2. The monoisotopic (exact) mass is 328 g/mol. The molecule has 0 aliphatic carbocycles. The van der Waals surface area contributed by atoms with Crippen LogP contribution in [0.1, 0.15) is 5.56 Å². The molecule has 4 heteroatoms. The van der Waals surface area contributed by atoms with E-state index in [1.165, 1.54) is 0 Å². The van der Waals surface area contributed by atoms with E-state index in [0.717, 1.165) is 22.4 Å². The maximum Gasteiger partial charge on any atom is 0.0595 e. The molecule has 2 aromatic carbocycles. The Labute approximate surface area is 139 Å². The molecule has 1 N–H and O–H groups in total. The standard InChI is InChI=1S/C18H14Cl2N2/c19-17-8-3-13(10-18(17)20)11-22-16-6-4-14(5-7-16)15-2-1-9-21-12-15/h1-10,12,22H,11H2. The molecule has 2 nitrogen and oxygen atoms in total. The van der Waals surface area contributed by atoms with Crippen LogP contribution in [0.4, 0.5) is 5.69 Å². The first-order valence-electron chi connectivity index (χ1n) is 6.90. The Morgan fingerprint density at radius 2 is 1.68 bits per heavy atom. The molecule has 0 atom stereocenters. The molecule has 3 aromatic rings. The van der Waals surface area contributed by atoms with Crippen molar-refractivity contribution in [3.8, 4) is 11.1 Å². The fourth-order valence-corrected chi connectivity index (χ4v) is 2.49. The van der Waals surface area contributed by atoms with Crippen molar-refractivity contribution >= 4 is 28.9 Å². The first-order valence-corrected chi connectivity index (χ1v) is 7.66. The SMILES string of the molecule is Clc1ccc(CNc2ccc(-c3cccnc3)cc2)cc1Cl. The van der Waals surface area contributed by atoms with Crippen molar-refractivity contribution in [2.75, 3.05) is 5.32 Å². The molecule has 0 amide bonds. The molecule has 0 aliphatic rings. The van der Waals surface area contributed by atoms with Crippen molar-refractivity contribution in [3.05, 3.63) is 82.6 Å². The van der Waals surface area contributed by atoms with Gasteiger partial charge in [-0.3, -0.25) is 4.98 Å². The molecule has 0 bridgehead atoms. The Morgan fingerprint density at radius 3 is 2.36 bits per heavy atom. The fourth-order valence-electron chi connectivity index (χ4n) is 2.17. The van der Waals surface area contributed by atoms with Gasteiger partial charge in [-0.25, -0.2) is 0 Å². The van der Waals surface area contributed by atoms with Gasteiger partial charge in [-0.2, -0.15) is 0 Å². The third-order valence-corrected chi connectivity index (χ3v) is 4.10. The third-order valence-electron chi connectivity index (χ3n) is 3.36. The van der Waals surface area contributed by atoms with Crippen LogP contribution in [-0.2, 0) is 6.54 Å². The van der Waals surface area contributed by atoms with E-state index < -0.39 is 0 Å². The molecular formula is C18H14Cl2N2. The van der Waals surface area contributed by atoms with Crippen LogP contribution >= 0.6 is 23.2 Å². The van der Waals surface area contributed by atoms with Crippen molar-refractivity contribution < 1.29 is 0 Å². The number of rotatable bonds is 4. The lowest BCUT2D eigenvalue weighted by Gasteiger charge is -2.08. The van der Waals surface area contributed by atoms with Crippen molar-refractivity contribution in [2.45, 2.75) is 6.54 Å². The van der Waals surface area contributed by atoms with Gasteiger partial charge in [-0.05, 0) is 47.0 Å². The average molecular weight is 329 g/mol. The fraction of sp³-hybridized carbons (Fsp3) is 0.0556. The summed E-state index contributed by atoms with van der Waals surface area (Å²) in [7, 11) is 0. The number of nitrogens with one attached hydrogen (secondary N) is 1. The molecular weight excluding hydrogens is 315 g/mol. The maximum atomic E-state index is 6.02. The molecule has 0 aliphatic heterocycles. The van der Waals surface area contributed by atoms with Crippen molar-refractivity contribution in [3.63, 3.8) is 0 Å². The number of hydrogen-bond donors (Lipinski definition) is 1. The van der Waals surface area contributed by atoms with Crippen LogP contribution in [0.15, 0.2) is 67.0 Å². The van der Waals surface area contributed by atoms with Gasteiger partial charge in [0.25, 0.3) is 0 Å². The van der Waals surface area contributed by atoms with E-state index in [1.54, 1.807) is 6.20 Å². The molecule has 22 heavy (non-hydrogen) atoms. The normalized spacial score (nSPS) is 10.5. The van der Waals surface area contributed by atoms with Crippen LogP contribution in [-0.4, -0.2) is 4.98 Å². The molecule has 1 aromatic heterocycles. The summed E-state index contributed by atoms with van der Waals surface area (Å²) in [6, 6.07) is 17.9. The molecule has 0 fully saturated rings. The van der Waals surface area contributed by atoms with Crippen LogP contribution in [0.3, 0.4) is 0 Å². The van der Waals surface area contributed by atoms with Gasteiger partial charge in [0.05, 0.1) is 10.0 Å². The van der Waals surface area contributed by atoms with Crippen molar-refractivity contribution in [1.82, 2.24) is 4.98 Å². The minimum absolute atomic E-state index is 0.575. The molecule has 0 saturated carbocycles. The zero-order valence-electron chi connectivity index (χ0n) is 11.8. The average Bonchev–Trinajstić information content (AvgIpc) is 2.57. The molecule has 1 heterocycles. The molecule has 0 radical (unpaired) electrons. The van der Waals surface area contributed by atoms with Crippen molar-refractivity contribution in [2.24, 2.45) is 0 Å². The van der Waals surface area contributed by atoms with Gasteiger partial charge in [0.1, 0.15) is 0 Å². The number of benzene rings is 2. The summed E-state index contributed by atoms with van der Waals surface area (Å²) in [5, 5.41) is 4.52. The Balaban J connectivity index is 1.67. The summed E-state index contributed by atoms with van der Waals surface area (Å²) in [4.78, 5) is 4.14. The van der Waals surface area contributed by atoms with Gasteiger partial charge < -0.3 is 5.32 Å². The summed E-state index contributed by atoms with van der Waals surface area (Å²) >= 11 is 11.9. The Kier molecular flexibility index (Phi) is 4.62. The summed E-state index contributed by atoms with van der Waals surface area (Å²) in [6.45, 7) is 0.698. The predicted molar refractivity (Wildman–Crippen MR) is 93.5 cm³/mol. The van der Waals surface area contributed by atoms with Crippen LogP contribution < -0.4 is 5.32 Å². The first-order chi connectivity index (χ1) is 10.7. The number of nitrogens with zero attached hydrogens (tertiary/aromatic N) is 1. The number of anilines is 1.